The molecule has 2 aromatic rings. The summed E-state index contributed by atoms with van der Waals surface area (Å²) < 4.78 is 0. The van der Waals surface area contributed by atoms with Crippen LogP contribution in [0.5, 0.6) is 0 Å². The normalized spacial score (nSPS) is 12.6. The predicted molar refractivity (Wildman–Crippen MR) is 93.7 cm³/mol. The van der Waals surface area contributed by atoms with Crippen LogP contribution < -0.4 is 5.19 Å². The lowest BCUT2D eigenvalue weighted by Crippen LogP contribution is -2.55. The molecule has 0 saturated heterocycles. The molecule has 1 aromatic heterocycles. The monoisotopic (exact) mass is 298 g/mol. The maximum atomic E-state index is 9.06. The summed E-state index contributed by atoms with van der Waals surface area (Å²) in [5.74, 6) is 0. The Hall–Kier alpha value is -1.53. The van der Waals surface area contributed by atoms with Crippen molar-refractivity contribution in [1.82, 2.24) is 4.98 Å². The first-order chi connectivity index (χ1) is 9.83. The van der Waals surface area contributed by atoms with Gasteiger partial charge >= 0.3 is 0 Å². The van der Waals surface area contributed by atoms with Gasteiger partial charge in [-0.1, -0.05) is 58.9 Å². The van der Waals surface area contributed by atoms with Crippen LogP contribution in [0.15, 0.2) is 24.3 Å². The van der Waals surface area contributed by atoms with Crippen LogP contribution in [-0.4, -0.2) is 13.1 Å². The zero-order chi connectivity index (χ0) is 15.8. The van der Waals surface area contributed by atoms with Crippen molar-refractivity contribution in [1.29, 1.82) is 5.26 Å². The summed E-state index contributed by atoms with van der Waals surface area (Å²) in [5.41, 5.74) is 3.81. The molecule has 21 heavy (non-hydrogen) atoms. The van der Waals surface area contributed by atoms with E-state index in [0.717, 1.165) is 5.52 Å². The molecule has 2 nitrogen and oxygen atoms in total. The molecule has 0 saturated carbocycles. The first kappa shape index (κ1) is 15.8. The number of fused-ring (bicyclic) bond motifs is 1. The average Bonchev–Trinajstić information content (AvgIpc) is 2.80. The molecule has 0 aliphatic heterocycles. The summed E-state index contributed by atoms with van der Waals surface area (Å²) in [7, 11) is -1.62. The molecule has 1 heterocycles. The number of hydrogen-bond donors (Lipinski definition) is 1. The van der Waals surface area contributed by atoms with Crippen LogP contribution in [0.4, 0.5) is 0 Å². The second kappa shape index (κ2) is 5.69. The molecule has 0 aliphatic rings. The molecule has 0 radical (unpaired) electrons. The van der Waals surface area contributed by atoms with Crippen molar-refractivity contribution < 1.29 is 0 Å². The van der Waals surface area contributed by atoms with Gasteiger partial charge in [0.15, 0.2) is 0 Å². The number of benzene rings is 1. The standard InChI is InChI=1S/C18H26N2Si/c1-12(2)21(13(3)4,14(5)6)17-7-8-18-15(10-17)9-16(11-19)20-18/h7-10,12-14,20H,1-6H3. The third-order valence-corrected chi connectivity index (χ3v) is 12.2. The van der Waals surface area contributed by atoms with E-state index in [1.54, 1.807) is 0 Å². The number of aromatic amines is 1. The molecule has 0 unspecified atom stereocenters. The molecule has 1 N–H and O–H groups in total. The number of hydrogen-bond acceptors (Lipinski definition) is 1. The quantitative estimate of drug-likeness (QED) is 0.799. The molecule has 0 bridgehead atoms. The smallest absolute Gasteiger partial charge is 0.118 e. The first-order valence-electron chi connectivity index (χ1n) is 7.87. The van der Waals surface area contributed by atoms with E-state index in [9.17, 15) is 0 Å². The second-order valence-corrected chi connectivity index (χ2v) is 12.9. The van der Waals surface area contributed by atoms with Crippen molar-refractivity contribution in [3.8, 4) is 6.07 Å². The van der Waals surface area contributed by atoms with E-state index in [0.29, 0.717) is 22.3 Å². The van der Waals surface area contributed by atoms with Crippen molar-refractivity contribution >= 4 is 24.2 Å². The van der Waals surface area contributed by atoms with Crippen molar-refractivity contribution in [3.63, 3.8) is 0 Å². The summed E-state index contributed by atoms with van der Waals surface area (Å²) in [6, 6.07) is 11.0. The van der Waals surface area contributed by atoms with Crippen molar-refractivity contribution in [3.05, 3.63) is 30.0 Å². The maximum Gasteiger partial charge on any atom is 0.118 e. The molecule has 112 valence electrons. The van der Waals surface area contributed by atoms with Crippen LogP contribution >= 0.6 is 0 Å². The second-order valence-electron chi connectivity index (χ2n) is 6.99. The van der Waals surface area contributed by atoms with Gasteiger partial charge in [0.1, 0.15) is 11.8 Å². The molecule has 0 amide bonds. The van der Waals surface area contributed by atoms with E-state index in [4.69, 9.17) is 5.26 Å². The highest BCUT2D eigenvalue weighted by Gasteiger charge is 2.44. The third kappa shape index (κ3) is 2.42. The van der Waals surface area contributed by atoms with Crippen LogP contribution in [0, 0.1) is 11.3 Å². The van der Waals surface area contributed by atoms with Gasteiger partial charge in [-0.15, -0.1) is 0 Å². The van der Waals surface area contributed by atoms with Crippen LogP contribution in [0.25, 0.3) is 10.9 Å². The molecule has 0 atom stereocenters. The largest absolute Gasteiger partial charge is 0.346 e. The highest BCUT2D eigenvalue weighted by molar-refractivity contribution is 6.95. The number of nitriles is 1. The van der Waals surface area contributed by atoms with Gasteiger partial charge in [-0.25, -0.2) is 0 Å². The van der Waals surface area contributed by atoms with Crippen LogP contribution in [0.2, 0.25) is 16.6 Å². The van der Waals surface area contributed by atoms with E-state index in [1.165, 1.54) is 10.6 Å². The lowest BCUT2D eigenvalue weighted by atomic mass is 10.2. The highest BCUT2D eigenvalue weighted by atomic mass is 28.3. The molecule has 1 aromatic carbocycles. The summed E-state index contributed by atoms with van der Waals surface area (Å²) in [4.78, 5) is 3.17. The number of nitrogens with one attached hydrogen (secondary N) is 1. The average molecular weight is 299 g/mol. The topological polar surface area (TPSA) is 39.6 Å². The fourth-order valence-corrected chi connectivity index (χ4v) is 11.2. The highest BCUT2D eigenvalue weighted by Crippen LogP contribution is 2.41. The summed E-state index contributed by atoms with van der Waals surface area (Å²) in [5, 5.41) is 11.8. The molecule has 0 fully saturated rings. The van der Waals surface area contributed by atoms with Crippen molar-refractivity contribution in [2.24, 2.45) is 0 Å². The van der Waals surface area contributed by atoms with Gasteiger partial charge in [0.05, 0.1) is 8.07 Å². The molecular formula is C18H26N2Si. The number of rotatable bonds is 4. The minimum absolute atomic E-state index is 0.646. The van der Waals surface area contributed by atoms with Gasteiger partial charge in [0.25, 0.3) is 0 Å². The minimum Gasteiger partial charge on any atom is -0.346 e. The van der Waals surface area contributed by atoms with E-state index in [1.807, 2.05) is 6.07 Å². The molecule has 0 spiro atoms. The maximum absolute atomic E-state index is 9.06. The van der Waals surface area contributed by atoms with Crippen LogP contribution in [0.3, 0.4) is 0 Å². The van der Waals surface area contributed by atoms with Crippen LogP contribution in [-0.2, 0) is 0 Å². The molecule has 0 aliphatic carbocycles. The lowest BCUT2D eigenvalue weighted by Gasteiger charge is -2.43. The molecule has 3 heteroatoms. The van der Waals surface area contributed by atoms with Crippen molar-refractivity contribution in [2.45, 2.75) is 58.2 Å². The summed E-state index contributed by atoms with van der Waals surface area (Å²) >= 11 is 0. The Morgan fingerprint density at radius 2 is 1.52 bits per heavy atom. The molecule has 2 rings (SSSR count). The van der Waals surface area contributed by atoms with Crippen molar-refractivity contribution in [2.75, 3.05) is 0 Å². The van der Waals surface area contributed by atoms with Gasteiger partial charge in [-0.05, 0) is 28.8 Å². The van der Waals surface area contributed by atoms with Gasteiger partial charge < -0.3 is 4.98 Å². The van der Waals surface area contributed by atoms with Gasteiger partial charge in [0, 0.05) is 10.9 Å². The van der Waals surface area contributed by atoms with E-state index >= 15 is 0 Å². The van der Waals surface area contributed by atoms with Gasteiger partial charge in [-0.3, -0.25) is 0 Å². The third-order valence-electron chi connectivity index (χ3n) is 5.11. The Kier molecular flexibility index (Phi) is 4.29. The van der Waals surface area contributed by atoms with E-state index in [2.05, 4.69) is 70.8 Å². The number of nitrogens with zero attached hydrogens (tertiary/aromatic N) is 1. The zero-order valence-electron chi connectivity index (χ0n) is 14.0. The Morgan fingerprint density at radius 3 is 2.00 bits per heavy atom. The Morgan fingerprint density at radius 1 is 0.952 bits per heavy atom. The Balaban J connectivity index is 2.68. The van der Waals surface area contributed by atoms with Gasteiger partial charge in [0.2, 0.25) is 0 Å². The molecular weight excluding hydrogens is 272 g/mol. The number of aromatic nitrogens is 1. The summed E-state index contributed by atoms with van der Waals surface area (Å²) in [6.07, 6.45) is 0. The van der Waals surface area contributed by atoms with E-state index in [-0.39, 0.29) is 0 Å². The summed E-state index contributed by atoms with van der Waals surface area (Å²) in [6.45, 7) is 14.3. The lowest BCUT2D eigenvalue weighted by molar-refractivity contribution is 0.835. The van der Waals surface area contributed by atoms with E-state index < -0.39 is 8.07 Å². The SMILES string of the molecule is CC(C)[Si](c1ccc2[nH]c(C#N)cc2c1)(C(C)C)C(C)C. The first-order valence-corrected chi connectivity index (χ1v) is 10.1. The fraction of sp³-hybridized carbons (Fsp3) is 0.500. The Labute approximate surface area is 129 Å². The minimum atomic E-state index is -1.62. The predicted octanol–water partition coefficient (Wildman–Crippen LogP) is 4.93. The zero-order valence-corrected chi connectivity index (χ0v) is 15.0. The Bertz CT molecular complexity index is 652. The van der Waals surface area contributed by atoms with Crippen LogP contribution in [0.1, 0.15) is 47.2 Å². The number of H-pyrrole nitrogens is 1. The van der Waals surface area contributed by atoms with Gasteiger partial charge in [-0.2, -0.15) is 5.26 Å². The fourth-order valence-electron chi connectivity index (χ4n) is 4.46.